The van der Waals surface area contributed by atoms with Gasteiger partial charge in [0.05, 0.1) is 17.2 Å². The van der Waals surface area contributed by atoms with E-state index in [4.69, 9.17) is 33.7 Å². The number of carbonyl (C=O) groups is 1. The quantitative estimate of drug-likeness (QED) is 0.670. The van der Waals surface area contributed by atoms with Crippen LogP contribution in [0.25, 0.3) is 0 Å². The van der Waals surface area contributed by atoms with E-state index in [1.807, 2.05) is 6.92 Å². The number of unbranched alkanes of at least 4 members (excludes halogenated alkanes) is 1. The fourth-order valence-corrected chi connectivity index (χ4v) is 3.17. The molecule has 28 heavy (non-hydrogen) atoms. The van der Waals surface area contributed by atoms with E-state index in [1.54, 1.807) is 0 Å². The van der Waals surface area contributed by atoms with Gasteiger partial charge in [0, 0.05) is 25.2 Å². The molecule has 2 aromatic rings. The molecule has 8 nitrogen and oxygen atoms in total. The smallest absolute Gasteiger partial charge is 0.330 e. The summed E-state index contributed by atoms with van der Waals surface area (Å²) in [6, 6.07) is 4.41. The molecule has 0 unspecified atom stereocenters. The molecule has 1 amide bonds. The Bertz CT molecular complexity index is 971. The molecule has 0 saturated heterocycles. The summed E-state index contributed by atoms with van der Waals surface area (Å²) in [6.07, 6.45) is 1.51. The van der Waals surface area contributed by atoms with E-state index < -0.39 is 17.2 Å². The third-order valence-electron chi connectivity index (χ3n) is 4.15. The van der Waals surface area contributed by atoms with Crippen molar-refractivity contribution >= 4 is 40.6 Å². The molecule has 152 valence electrons. The Hall–Kier alpha value is -2.29. The molecule has 0 aliphatic heterocycles. The fraction of sp³-hybridized carbons (Fsp3) is 0.389. The van der Waals surface area contributed by atoms with Gasteiger partial charge in [0.2, 0.25) is 0 Å². The number of aromatic nitrogens is 2. The van der Waals surface area contributed by atoms with Crippen LogP contribution in [-0.2, 0) is 11.3 Å². The molecule has 0 aliphatic rings. The Morgan fingerprint density at radius 2 is 2.04 bits per heavy atom. The van der Waals surface area contributed by atoms with Crippen molar-refractivity contribution in [3.63, 3.8) is 0 Å². The van der Waals surface area contributed by atoms with Gasteiger partial charge in [0.1, 0.15) is 5.82 Å². The molecule has 0 fully saturated rings. The van der Waals surface area contributed by atoms with E-state index in [9.17, 15) is 14.4 Å². The van der Waals surface area contributed by atoms with Gasteiger partial charge >= 0.3 is 5.69 Å². The summed E-state index contributed by atoms with van der Waals surface area (Å²) in [6.45, 7) is 2.46. The highest BCUT2D eigenvalue weighted by molar-refractivity contribution is 6.37. The maximum atomic E-state index is 13.1. The van der Waals surface area contributed by atoms with Crippen LogP contribution in [0.1, 0.15) is 30.1 Å². The van der Waals surface area contributed by atoms with E-state index in [0.29, 0.717) is 18.0 Å². The SMILES string of the molecule is CCCCn1c(N)c(N(CCOC)C(=O)c2ccc(Cl)cc2Cl)c(=O)[nH]c1=O. The number of aromatic amines is 1. The van der Waals surface area contributed by atoms with Gasteiger partial charge in [-0.25, -0.2) is 4.79 Å². The lowest BCUT2D eigenvalue weighted by Crippen LogP contribution is -2.42. The summed E-state index contributed by atoms with van der Waals surface area (Å²) in [5.41, 5.74) is 4.77. The summed E-state index contributed by atoms with van der Waals surface area (Å²) in [7, 11) is 1.47. The third kappa shape index (κ3) is 4.76. The topological polar surface area (TPSA) is 110 Å². The Balaban J connectivity index is 2.61. The molecule has 1 heterocycles. The van der Waals surface area contributed by atoms with E-state index in [0.717, 1.165) is 11.3 Å². The van der Waals surface area contributed by atoms with Crippen LogP contribution in [0.2, 0.25) is 10.0 Å². The Labute approximate surface area is 171 Å². The fourth-order valence-electron chi connectivity index (χ4n) is 2.68. The van der Waals surface area contributed by atoms with Crippen LogP contribution in [0.5, 0.6) is 0 Å². The molecule has 0 radical (unpaired) electrons. The van der Waals surface area contributed by atoms with Crippen molar-refractivity contribution in [3.8, 4) is 0 Å². The molecule has 1 aromatic carbocycles. The van der Waals surface area contributed by atoms with Crippen molar-refractivity contribution in [2.45, 2.75) is 26.3 Å². The summed E-state index contributed by atoms with van der Waals surface area (Å²) < 4.78 is 6.31. The van der Waals surface area contributed by atoms with Crippen LogP contribution < -0.4 is 21.9 Å². The standard InChI is InChI=1S/C18H22Cl2N4O4/c1-3-4-7-24-15(21)14(16(25)22-18(24)27)23(8-9-28-2)17(26)12-6-5-11(19)10-13(12)20/h5-6,10H,3-4,7-9,21H2,1-2H3,(H,22,25,27). The summed E-state index contributed by atoms with van der Waals surface area (Å²) in [5, 5.41) is 0.504. The van der Waals surface area contributed by atoms with E-state index in [2.05, 4.69) is 4.98 Å². The first-order valence-electron chi connectivity index (χ1n) is 8.70. The largest absolute Gasteiger partial charge is 0.383 e. The van der Waals surface area contributed by atoms with Gasteiger partial charge in [-0.15, -0.1) is 0 Å². The van der Waals surface area contributed by atoms with Gasteiger partial charge in [-0.05, 0) is 24.6 Å². The molecular formula is C18H22Cl2N4O4. The Morgan fingerprint density at radius 1 is 1.32 bits per heavy atom. The number of rotatable bonds is 8. The number of nitrogen functional groups attached to an aromatic ring is 1. The average molecular weight is 429 g/mol. The number of anilines is 2. The zero-order chi connectivity index (χ0) is 20.8. The maximum Gasteiger partial charge on any atom is 0.330 e. The lowest BCUT2D eigenvalue weighted by Gasteiger charge is -2.24. The van der Waals surface area contributed by atoms with Crippen LogP contribution >= 0.6 is 23.2 Å². The minimum Gasteiger partial charge on any atom is -0.383 e. The zero-order valence-corrected chi connectivity index (χ0v) is 17.1. The molecular weight excluding hydrogens is 407 g/mol. The van der Waals surface area contributed by atoms with Crippen LogP contribution in [0.15, 0.2) is 27.8 Å². The predicted molar refractivity (Wildman–Crippen MR) is 111 cm³/mol. The number of hydrogen-bond acceptors (Lipinski definition) is 5. The minimum absolute atomic E-state index is 0.0353. The molecule has 3 N–H and O–H groups in total. The zero-order valence-electron chi connectivity index (χ0n) is 15.6. The molecule has 2 rings (SSSR count). The van der Waals surface area contributed by atoms with E-state index in [-0.39, 0.29) is 35.2 Å². The second-order valence-corrected chi connectivity index (χ2v) is 6.92. The monoisotopic (exact) mass is 428 g/mol. The van der Waals surface area contributed by atoms with Gasteiger partial charge in [-0.1, -0.05) is 36.5 Å². The van der Waals surface area contributed by atoms with Crippen molar-refractivity contribution in [2.24, 2.45) is 0 Å². The molecule has 0 spiro atoms. The second-order valence-electron chi connectivity index (χ2n) is 6.07. The Morgan fingerprint density at radius 3 is 2.64 bits per heavy atom. The number of ether oxygens (including phenoxy) is 1. The van der Waals surface area contributed by atoms with Crippen LogP contribution in [-0.4, -0.2) is 35.7 Å². The van der Waals surface area contributed by atoms with Crippen molar-refractivity contribution in [3.05, 3.63) is 54.6 Å². The predicted octanol–water partition coefficient (Wildman–Crippen LogP) is 2.52. The lowest BCUT2D eigenvalue weighted by molar-refractivity contribution is 0.0975. The summed E-state index contributed by atoms with van der Waals surface area (Å²) in [4.78, 5) is 41.2. The first kappa shape index (κ1) is 22.0. The van der Waals surface area contributed by atoms with Crippen LogP contribution in [0, 0.1) is 0 Å². The normalized spacial score (nSPS) is 10.9. The van der Waals surface area contributed by atoms with Gasteiger partial charge in [-0.3, -0.25) is 24.0 Å². The third-order valence-corrected chi connectivity index (χ3v) is 4.69. The summed E-state index contributed by atoms with van der Waals surface area (Å²) >= 11 is 12.1. The van der Waals surface area contributed by atoms with Crippen molar-refractivity contribution in [2.75, 3.05) is 30.9 Å². The lowest BCUT2D eigenvalue weighted by atomic mass is 10.2. The molecule has 1 aromatic heterocycles. The minimum atomic E-state index is -0.759. The molecule has 0 atom stereocenters. The molecule has 0 bridgehead atoms. The first-order chi connectivity index (χ1) is 13.3. The number of amides is 1. The first-order valence-corrected chi connectivity index (χ1v) is 9.45. The number of benzene rings is 1. The van der Waals surface area contributed by atoms with E-state index in [1.165, 1.54) is 29.9 Å². The number of nitrogens with zero attached hydrogens (tertiary/aromatic N) is 2. The number of hydrogen-bond donors (Lipinski definition) is 2. The van der Waals surface area contributed by atoms with Gasteiger partial charge in [0.25, 0.3) is 11.5 Å². The van der Waals surface area contributed by atoms with Crippen LogP contribution in [0.4, 0.5) is 11.5 Å². The number of carbonyl (C=O) groups excluding carboxylic acids is 1. The number of methoxy groups -OCH3 is 1. The highest BCUT2D eigenvalue weighted by atomic mass is 35.5. The number of nitrogens with two attached hydrogens (primary N) is 1. The van der Waals surface area contributed by atoms with Gasteiger partial charge in [-0.2, -0.15) is 0 Å². The number of H-pyrrole nitrogens is 1. The highest BCUT2D eigenvalue weighted by Gasteiger charge is 2.26. The summed E-state index contributed by atoms with van der Waals surface area (Å²) in [5.74, 6) is -0.645. The molecule has 10 heteroatoms. The van der Waals surface area contributed by atoms with E-state index >= 15 is 0 Å². The number of halogens is 2. The van der Waals surface area contributed by atoms with Crippen molar-refractivity contribution in [1.29, 1.82) is 0 Å². The Kier molecular flexibility index (Phi) is 7.68. The van der Waals surface area contributed by atoms with Crippen molar-refractivity contribution < 1.29 is 9.53 Å². The maximum absolute atomic E-state index is 13.1. The second kappa shape index (κ2) is 9.77. The van der Waals surface area contributed by atoms with Gasteiger partial charge < -0.3 is 10.5 Å². The highest BCUT2D eigenvalue weighted by Crippen LogP contribution is 2.25. The average Bonchev–Trinajstić information content (AvgIpc) is 2.63. The molecule has 0 saturated carbocycles. The number of nitrogens with one attached hydrogen (secondary N) is 1. The van der Waals surface area contributed by atoms with Gasteiger partial charge in [0.15, 0.2) is 5.69 Å². The van der Waals surface area contributed by atoms with Crippen molar-refractivity contribution in [1.82, 2.24) is 9.55 Å². The van der Waals surface area contributed by atoms with Crippen LogP contribution in [0.3, 0.4) is 0 Å². The molecule has 0 aliphatic carbocycles.